The SMILES string of the molecule is CCCCc1nc2cccnc2n1Cc1ccc(C(=O)O)cc1. The first kappa shape index (κ1) is 15.2. The molecule has 1 N–H and O–H groups in total. The predicted molar refractivity (Wildman–Crippen MR) is 88.6 cm³/mol. The third-order valence-corrected chi connectivity index (χ3v) is 3.88. The largest absolute Gasteiger partial charge is 0.478 e. The maximum Gasteiger partial charge on any atom is 0.335 e. The summed E-state index contributed by atoms with van der Waals surface area (Å²) in [6, 6.07) is 10.8. The van der Waals surface area contributed by atoms with Gasteiger partial charge >= 0.3 is 5.97 Å². The van der Waals surface area contributed by atoms with Gasteiger partial charge in [-0.05, 0) is 36.2 Å². The smallest absolute Gasteiger partial charge is 0.335 e. The highest BCUT2D eigenvalue weighted by Crippen LogP contribution is 2.18. The van der Waals surface area contributed by atoms with Crippen molar-refractivity contribution in [2.45, 2.75) is 32.7 Å². The number of imidazole rings is 1. The molecule has 0 unspecified atom stereocenters. The molecule has 0 aliphatic carbocycles. The van der Waals surface area contributed by atoms with Crippen LogP contribution in [0.1, 0.15) is 41.5 Å². The van der Waals surface area contributed by atoms with Gasteiger partial charge in [-0.3, -0.25) is 0 Å². The molecule has 0 atom stereocenters. The molecule has 5 heteroatoms. The Morgan fingerprint density at radius 3 is 2.70 bits per heavy atom. The lowest BCUT2D eigenvalue weighted by Gasteiger charge is -2.09. The van der Waals surface area contributed by atoms with Crippen molar-refractivity contribution >= 4 is 17.1 Å². The lowest BCUT2D eigenvalue weighted by molar-refractivity contribution is 0.0697. The monoisotopic (exact) mass is 309 g/mol. The van der Waals surface area contributed by atoms with Gasteiger partial charge in [-0.2, -0.15) is 0 Å². The zero-order valence-corrected chi connectivity index (χ0v) is 13.1. The molecule has 3 rings (SSSR count). The first-order valence-electron chi connectivity index (χ1n) is 7.81. The van der Waals surface area contributed by atoms with Crippen LogP contribution in [-0.4, -0.2) is 25.6 Å². The van der Waals surface area contributed by atoms with Crippen LogP contribution >= 0.6 is 0 Å². The summed E-state index contributed by atoms with van der Waals surface area (Å²) in [5.74, 6) is 0.123. The van der Waals surface area contributed by atoms with Crippen LogP contribution in [0.15, 0.2) is 42.6 Å². The number of carboxylic acid groups (broad SMARTS) is 1. The molecule has 3 aromatic rings. The predicted octanol–water partition coefficient (Wildman–Crippen LogP) is 3.52. The number of carbonyl (C=O) groups is 1. The number of benzene rings is 1. The van der Waals surface area contributed by atoms with E-state index in [0.717, 1.165) is 41.8 Å². The molecule has 2 heterocycles. The van der Waals surface area contributed by atoms with Gasteiger partial charge in [0.25, 0.3) is 0 Å². The molecule has 118 valence electrons. The maximum absolute atomic E-state index is 11.0. The quantitative estimate of drug-likeness (QED) is 0.756. The molecule has 0 bridgehead atoms. The summed E-state index contributed by atoms with van der Waals surface area (Å²) < 4.78 is 2.13. The molecule has 0 aliphatic rings. The topological polar surface area (TPSA) is 68.0 Å². The van der Waals surface area contributed by atoms with Crippen molar-refractivity contribution in [3.63, 3.8) is 0 Å². The van der Waals surface area contributed by atoms with Gasteiger partial charge < -0.3 is 9.67 Å². The van der Waals surface area contributed by atoms with Gasteiger partial charge in [0.1, 0.15) is 11.3 Å². The fourth-order valence-corrected chi connectivity index (χ4v) is 2.63. The number of fused-ring (bicyclic) bond motifs is 1. The molecule has 0 fully saturated rings. The van der Waals surface area contributed by atoms with Crippen molar-refractivity contribution in [2.24, 2.45) is 0 Å². The molecular weight excluding hydrogens is 290 g/mol. The number of carboxylic acids is 1. The molecule has 0 amide bonds. The second kappa shape index (κ2) is 6.60. The number of unbranched alkanes of at least 4 members (excludes halogenated alkanes) is 1. The summed E-state index contributed by atoms with van der Waals surface area (Å²) in [5, 5.41) is 8.99. The van der Waals surface area contributed by atoms with E-state index in [1.807, 2.05) is 24.3 Å². The van der Waals surface area contributed by atoms with Crippen LogP contribution in [0.5, 0.6) is 0 Å². The number of aromatic carboxylic acids is 1. The van der Waals surface area contributed by atoms with E-state index in [9.17, 15) is 4.79 Å². The third kappa shape index (κ3) is 3.23. The molecule has 2 aromatic heterocycles. The number of nitrogens with zero attached hydrogens (tertiary/aromatic N) is 3. The molecule has 1 aromatic carbocycles. The van der Waals surface area contributed by atoms with Gasteiger partial charge in [0.2, 0.25) is 0 Å². The molecule has 5 nitrogen and oxygen atoms in total. The average Bonchev–Trinajstić information content (AvgIpc) is 2.91. The van der Waals surface area contributed by atoms with Crippen molar-refractivity contribution in [3.8, 4) is 0 Å². The highest BCUT2D eigenvalue weighted by atomic mass is 16.4. The molecule has 0 aliphatic heterocycles. The van der Waals surface area contributed by atoms with Gasteiger partial charge in [0.15, 0.2) is 5.65 Å². The highest BCUT2D eigenvalue weighted by Gasteiger charge is 2.12. The molecule has 23 heavy (non-hydrogen) atoms. The van der Waals surface area contributed by atoms with Crippen molar-refractivity contribution < 1.29 is 9.90 Å². The fourth-order valence-electron chi connectivity index (χ4n) is 2.63. The Balaban J connectivity index is 1.95. The van der Waals surface area contributed by atoms with Gasteiger partial charge in [0, 0.05) is 12.6 Å². The van der Waals surface area contributed by atoms with Crippen molar-refractivity contribution in [1.29, 1.82) is 0 Å². The average molecular weight is 309 g/mol. The normalized spacial score (nSPS) is 11.0. The Bertz CT molecular complexity index is 822. The number of aryl methyl sites for hydroxylation is 1. The van der Waals surface area contributed by atoms with Crippen LogP contribution in [0.25, 0.3) is 11.2 Å². The second-order valence-corrected chi connectivity index (χ2v) is 5.57. The van der Waals surface area contributed by atoms with Crippen LogP contribution in [0.2, 0.25) is 0 Å². The van der Waals surface area contributed by atoms with E-state index in [4.69, 9.17) is 10.1 Å². The van der Waals surface area contributed by atoms with E-state index in [2.05, 4.69) is 16.5 Å². The Kier molecular flexibility index (Phi) is 4.37. The van der Waals surface area contributed by atoms with Crippen LogP contribution < -0.4 is 0 Å². The molecular formula is C18H19N3O2. The first-order valence-corrected chi connectivity index (χ1v) is 7.81. The Morgan fingerprint density at radius 1 is 1.22 bits per heavy atom. The minimum atomic E-state index is -0.907. The van der Waals surface area contributed by atoms with E-state index in [-0.39, 0.29) is 0 Å². The third-order valence-electron chi connectivity index (χ3n) is 3.88. The van der Waals surface area contributed by atoms with Crippen LogP contribution in [-0.2, 0) is 13.0 Å². The van der Waals surface area contributed by atoms with E-state index < -0.39 is 5.97 Å². The van der Waals surface area contributed by atoms with Gasteiger partial charge in [-0.1, -0.05) is 25.5 Å². The number of hydrogen-bond acceptors (Lipinski definition) is 3. The summed E-state index contributed by atoms with van der Waals surface area (Å²) in [4.78, 5) is 20.1. The standard InChI is InChI=1S/C18H19N3O2/c1-2-3-6-16-20-15-5-4-11-19-17(15)21(16)12-13-7-9-14(10-8-13)18(22)23/h4-5,7-11H,2-3,6,12H2,1H3,(H,22,23). The summed E-state index contributed by atoms with van der Waals surface area (Å²) in [6.07, 6.45) is 4.89. The maximum atomic E-state index is 11.0. The van der Waals surface area contributed by atoms with Crippen LogP contribution in [0.3, 0.4) is 0 Å². The first-order chi connectivity index (χ1) is 11.2. The van der Waals surface area contributed by atoms with Gasteiger partial charge in [-0.25, -0.2) is 14.8 Å². The minimum absolute atomic E-state index is 0.300. The Labute approximate surface area is 134 Å². The Morgan fingerprint density at radius 2 is 2.00 bits per heavy atom. The van der Waals surface area contributed by atoms with Crippen molar-refractivity contribution in [3.05, 3.63) is 59.5 Å². The number of hydrogen-bond donors (Lipinski definition) is 1. The van der Waals surface area contributed by atoms with Crippen LogP contribution in [0.4, 0.5) is 0 Å². The Hall–Kier alpha value is -2.69. The second-order valence-electron chi connectivity index (χ2n) is 5.57. The number of pyridine rings is 1. The van der Waals surface area contributed by atoms with Gasteiger partial charge in [-0.15, -0.1) is 0 Å². The minimum Gasteiger partial charge on any atom is -0.478 e. The number of rotatable bonds is 6. The van der Waals surface area contributed by atoms with Crippen molar-refractivity contribution in [2.75, 3.05) is 0 Å². The molecule has 0 saturated heterocycles. The summed E-state index contributed by atoms with van der Waals surface area (Å²) in [6.45, 7) is 2.81. The zero-order chi connectivity index (χ0) is 16.2. The van der Waals surface area contributed by atoms with Crippen molar-refractivity contribution in [1.82, 2.24) is 14.5 Å². The molecule has 0 radical (unpaired) electrons. The van der Waals surface area contributed by atoms with Crippen LogP contribution in [0, 0.1) is 0 Å². The fraction of sp³-hybridized carbons (Fsp3) is 0.278. The summed E-state index contributed by atoms with van der Waals surface area (Å²) in [5.41, 5.74) is 3.12. The van der Waals surface area contributed by atoms with Gasteiger partial charge in [0.05, 0.1) is 12.1 Å². The summed E-state index contributed by atoms with van der Waals surface area (Å²) in [7, 11) is 0. The van der Waals surface area contributed by atoms with E-state index >= 15 is 0 Å². The molecule has 0 saturated carbocycles. The van der Waals surface area contributed by atoms with E-state index in [1.54, 1.807) is 18.3 Å². The summed E-state index contributed by atoms with van der Waals surface area (Å²) >= 11 is 0. The lowest BCUT2D eigenvalue weighted by Crippen LogP contribution is -2.06. The highest BCUT2D eigenvalue weighted by molar-refractivity contribution is 5.87. The zero-order valence-electron chi connectivity index (χ0n) is 13.1. The number of aromatic nitrogens is 3. The van der Waals surface area contributed by atoms with E-state index in [1.165, 1.54) is 0 Å². The molecule has 0 spiro atoms. The lowest BCUT2D eigenvalue weighted by atomic mass is 10.1. The van der Waals surface area contributed by atoms with E-state index in [0.29, 0.717) is 12.1 Å².